The summed E-state index contributed by atoms with van der Waals surface area (Å²) in [7, 11) is -2.90. The van der Waals surface area contributed by atoms with E-state index in [2.05, 4.69) is 4.98 Å². The Bertz CT molecular complexity index is 618. The van der Waals surface area contributed by atoms with Crippen LogP contribution in [0.2, 0.25) is 0 Å². The summed E-state index contributed by atoms with van der Waals surface area (Å²) < 4.78 is 22.0. The third-order valence-corrected chi connectivity index (χ3v) is 3.18. The fourth-order valence-electron chi connectivity index (χ4n) is 1.70. The third kappa shape index (κ3) is 5.94. The molecule has 1 heterocycles. The zero-order valence-corrected chi connectivity index (χ0v) is 12.7. The fourth-order valence-corrected chi connectivity index (χ4v) is 2.11. The number of nitrogens with zero attached hydrogens (tertiary/aromatic N) is 1. The lowest BCUT2D eigenvalue weighted by Crippen LogP contribution is -2.36. The number of H-pyrrole nitrogens is 1. The van der Waals surface area contributed by atoms with E-state index in [1.807, 2.05) is 0 Å². The first-order valence-corrected chi connectivity index (χ1v) is 8.04. The lowest BCUT2D eigenvalue weighted by molar-refractivity contribution is 0.00288. The minimum atomic E-state index is -4.31. The molecule has 0 saturated heterocycles. The van der Waals surface area contributed by atoms with Crippen molar-refractivity contribution in [3.63, 3.8) is 0 Å². The molecule has 0 spiro atoms. The van der Waals surface area contributed by atoms with Crippen molar-refractivity contribution >= 4 is 7.60 Å². The van der Waals surface area contributed by atoms with Gasteiger partial charge in [-0.2, -0.15) is 0 Å². The fraction of sp³-hybridized carbons (Fsp3) is 0.636. The summed E-state index contributed by atoms with van der Waals surface area (Å²) in [6.07, 6.45) is 0.370. The number of aromatic nitrogens is 2. The van der Waals surface area contributed by atoms with Crippen LogP contribution in [-0.2, 0) is 27.0 Å². The van der Waals surface area contributed by atoms with Crippen LogP contribution >= 0.6 is 7.60 Å². The zero-order chi connectivity index (χ0) is 16.0. The Morgan fingerprint density at radius 1 is 1.43 bits per heavy atom. The normalized spacial score (nSPS) is 13.3. The van der Waals surface area contributed by atoms with Crippen LogP contribution in [0.1, 0.15) is 12.5 Å². The zero-order valence-electron chi connectivity index (χ0n) is 11.8. The first-order valence-electron chi connectivity index (χ1n) is 6.24. The Kier molecular flexibility index (Phi) is 6.50. The van der Waals surface area contributed by atoms with Gasteiger partial charge in [0.05, 0.1) is 19.3 Å². The van der Waals surface area contributed by atoms with Crippen molar-refractivity contribution in [2.24, 2.45) is 0 Å². The van der Waals surface area contributed by atoms with Crippen molar-refractivity contribution in [1.82, 2.24) is 9.55 Å². The van der Waals surface area contributed by atoms with Crippen molar-refractivity contribution in [1.29, 1.82) is 0 Å². The highest BCUT2D eigenvalue weighted by Crippen LogP contribution is 2.34. The summed E-state index contributed by atoms with van der Waals surface area (Å²) in [5, 5.41) is 0. The summed E-state index contributed by atoms with van der Waals surface area (Å²) in [6.45, 7) is 1.83. The third-order valence-electron chi connectivity index (χ3n) is 2.70. The maximum atomic E-state index is 11.7. The first kappa shape index (κ1) is 17.8. The van der Waals surface area contributed by atoms with Crippen LogP contribution in [0.3, 0.4) is 0 Å². The van der Waals surface area contributed by atoms with Gasteiger partial charge >= 0.3 is 13.3 Å². The first-order chi connectivity index (χ1) is 9.76. The average molecular weight is 322 g/mol. The van der Waals surface area contributed by atoms with Crippen LogP contribution in [0.5, 0.6) is 0 Å². The number of methoxy groups -OCH3 is 1. The molecule has 9 nitrogen and oxygen atoms in total. The molecule has 120 valence electrons. The predicted octanol–water partition coefficient (Wildman–Crippen LogP) is -0.734. The minimum Gasteiger partial charge on any atom is -0.382 e. The maximum absolute atomic E-state index is 11.7. The van der Waals surface area contributed by atoms with Crippen molar-refractivity contribution < 1.29 is 23.8 Å². The van der Waals surface area contributed by atoms with Crippen LogP contribution < -0.4 is 11.2 Å². The summed E-state index contributed by atoms with van der Waals surface area (Å²) >= 11 is 0. The lowest BCUT2D eigenvalue weighted by atomic mass is 10.2. The van der Waals surface area contributed by atoms with Gasteiger partial charge in [0.25, 0.3) is 5.56 Å². The molecular formula is C11H19N2O7P. The van der Waals surface area contributed by atoms with Crippen LogP contribution in [0.15, 0.2) is 15.8 Å². The molecule has 0 aromatic carbocycles. The van der Waals surface area contributed by atoms with Gasteiger partial charge in [0.2, 0.25) is 0 Å². The second-order valence-electron chi connectivity index (χ2n) is 4.46. The topological polar surface area (TPSA) is 131 Å². The van der Waals surface area contributed by atoms with Gasteiger partial charge in [-0.3, -0.25) is 18.9 Å². The largest absolute Gasteiger partial charge is 0.382 e. The SMILES string of the molecule is CCc1cn(C[C@@H](COC)OCP(=O)(O)O)c(=O)[nH]c1=O. The summed E-state index contributed by atoms with van der Waals surface area (Å²) in [4.78, 5) is 43.0. The molecule has 0 amide bonds. The van der Waals surface area contributed by atoms with Crippen LogP contribution in [0, 0.1) is 0 Å². The molecule has 1 rings (SSSR count). The number of hydrogen-bond acceptors (Lipinski definition) is 5. The highest BCUT2D eigenvalue weighted by Gasteiger charge is 2.19. The van der Waals surface area contributed by atoms with E-state index >= 15 is 0 Å². The van der Waals surface area contributed by atoms with Crippen LogP contribution in [0.25, 0.3) is 0 Å². The molecular weight excluding hydrogens is 303 g/mol. The van der Waals surface area contributed by atoms with E-state index in [0.717, 1.165) is 0 Å². The van der Waals surface area contributed by atoms with Crippen molar-refractivity contribution in [3.05, 3.63) is 32.6 Å². The smallest absolute Gasteiger partial charge is 0.350 e. The Morgan fingerprint density at radius 3 is 2.62 bits per heavy atom. The summed E-state index contributed by atoms with van der Waals surface area (Å²) in [5.74, 6) is 0. The molecule has 3 N–H and O–H groups in total. The molecule has 0 aliphatic rings. The summed E-state index contributed by atoms with van der Waals surface area (Å²) in [5.41, 5.74) is -0.628. The number of aryl methyl sites for hydroxylation is 1. The maximum Gasteiger partial charge on any atom is 0.350 e. The van der Waals surface area contributed by atoms with E-state index in [4.69, 9.17) is 19.3 Å². The van der Waals surface area contributed by atoms with E-state index in [1.165, 1.54) is 17.9 Å². The second kappa shape index (κ2) is 7.67. The molecule has 21 heavy (non-hydrogen) atoms. The van der Waals surface area contributed by atoms with E-state index < -0.39 is 31.3 Å². The van der Waals surface area contributed by atoms with Gasteiger partial charge in [-0.25, -0.2) is 4.79 Å². The Balaban J connectivity index is 2.91. The average Bonchev–Trinajstić information content (AvgIpc) is 2.38. The molecule has 1 atom stereocenters. The predicted molar refractivity (Wildman–Crippen MR) is 74.4 cm³/mol. The van der Waals surface area contributed by atoms with Gasteiger partial charge in [-0.15, -0.1) is 0 Å². The number of hydrogen-bond donors (Lipinski definition) is 3. The van der Waals surface area contributed by atoms with E-state index in [9.17, 15) is 14.2 Å². The van der Waals surface area contributed by atoms with E-state index in [1.54, 1.807) is 6.92 Å². The quantitative estimate of drug-likeness (QED) is 0.537. The molecule has 0 aliphatic heterocycles. The standard InChI is InChI=1S/C11H19N2O7P/c1-3-8-4-13(11(15)12-10(8)14)5-9(6-19-2)20-7-21(16,17)18/h4,9H,3,5-7H2,1-2H3,(H,12,14,15)(H2,16,17,18)/t9-/m0/s1. The van der Waals surface area contributed by atoms with Gasteiger partial charge in [0.1, 0.15) is 6.35 Å². The second-order valence-corrected chi connectivity index (χ2v) is 6.04. The van der Waals surface area contributed by atoms with Gasteiger partial charge in [-0.05, 0) is 6.42 Å². The Labute approximate surface area is 120 Å². The van der Waals surface area contributed by atoms with Crippen LogP contribution in [-0.4, -0.2) is 45.5 Å². The Morgan fingerprint density at radius 2 is 2.10 bits per heavy atom. The van der Waals surface area contributed by atoms with Gasteiger partial charge < -0.3 is 19.3 Å². The van der Waals surface area contributed by atoms with E-state index in [-0.39, 0.29) is 13.2 Å². The van der Waals surface area contributed by atoms with Gasteiger partial charge in [0.15, 0.2) is 0 Å². The van der Waals surface area contributed by atoms with Gasteiger partial charge in [-0.1, -0.05) is 6.92 Å². The number of ether oxygens (including phenoxy) is 2. The van der Waals surface area contributed by atoms with E-state index in [0.29, 0.717) is 12.0 Å². The highest BCUT2D eigenvalue weighted by atomic mass is 31.2. The summed E-state index contributed by atoms with van der Waals surface area (Å²) in [6, 6.07) is 0. The van der Waals surface area contributed by atoms with Gasteiger partial charge in [0, 0.05) is 18.9 Å². The molecule has 10 heteroatoms. The molecule has 1 aromatic heterocycles. The van der Waals surface area contributed by atoms with Crippen LogP contribution in [0.4, 0.5) is 0 Å². The van der Waals surface area contributed by atoms with Crippen molar-refractivity contribution in [2.45, 2.75) is 26.0 Å². The number of nitrogens with one attached hydrogen (secondary N) is 1. The molecule has 0 unspecified atom stereocenters. The molecule has 1 aromatic rings. The monoisotopic (exact) mass is 322 g/mol. The molecule has 0 bridgehead atoms. The molecule has 0 radical (unpaired) electrons. The van der Waals surface area contributed by atoms with Crippen molar-refractivity contribution in [3.8, 4) is 0 Å². The number of rotatable bonds is 8. The molecule has 0 fully saturated rings. The number of aromatic amines is 1. The Hall–Kier alpha value is -1.25. The molecule has 0 saturated carbocycles. The lowest BCUT2D eigenvalue weighted by Gasteiger charge is -2.18. The molecule has 0 aliphatic carbocycles. The highest BCUT2D eigenvalue weighted by molar-refractivity contribution is 7.51. The minimum absolute atomic E-state index is 0.0104. The van der Waals surface area contributed by atoms with Crippen molar-refractivity contribution in [2.75, 3.05) is 20.1 Å².